The lowest BCUT2D eigenvalue weighted by Crippen LogP contribution is -2.34. The fourth-order valence-electron chi connectivity index (χ4n) is 1.34. The molecule has 3 heteroatoms. The van der Waals surface area contributed by atoms with Gasteiger partial charge in [-0.25, -0.2) is 0 Å². The van der Waals surface area contributed by atoms with E-state index in [1.807, 2.05) is 4.90 Å². The smallest absolute Gasteiger partial charge is 0.0470 e. The predicted octanol–water partition coefficient (Wildman–Crippen LogP) is 0.883. The lowest BCUT2D eigenvalue weighted by Gasteiger charge is -2.17. The van der Waals surface area contributed by atoms with Gasteiger partial charge >= 0.3 is 0 Å². The van der Waals surface area contributed by atoms with Crippen LogP contribution in [0, 0.1) is 0 Å². The highest BCUT2D eigenvalue weighted by Gasteiger charge is 2.00. The molecular formula is C11H19N3. The summed E-state index contributed by atoms with van der Waals surface area (Å²) in [5, 5.41) is 0. The largest absolute Gasteiger partial charge is 0.318 e. The quantitative estimate of drug-likeness (QED) is 0.683. The summed E-state index contributed by atoms with van der Waals surface area (Å²) in [5.41, 5.74) is 13.7. The fraction of sp³-hybridized carbons (Fsp3) is 0.455. The second kappa shape index (κ2) is 5.75. The Morgan fingerprint density at radius 2 is 1.50 bits per heavy atom. The molecule has 0 bridgehead atoms. The Kier molecular flexibility index (Phi) is 4.59. The Morgan fingerprint density at radius 3 is 1.93 bits per heavy atom. The van der Waals surface area contributed by atoms with Crippen molar-refractivity contribution in [1.29, 1.82) is 0 Å². The molecular weight excluding hydrogens is 174 g/mol. The molecule has 0 spiro atoms. The number of aryl methyl sites for hydroxylation is 1. The maximum atomic E-state index is 5.53. The first-order valence-corrected chi connectivity index (χ1v) is 5.00. The highest BCUT2D eigenvalue weighted by Crippen LogP contribution is 2.06. The molecule has 4 N–H and O–H groups in total. The number of hydrogen-bond acceptors (Lipinski definition) is 3. The monoisotopic (exact) mass is 193 g/mol. The molecule has 1 rings (SSSR count). The van der Waals surface area contributed by atoms with Gasteiger partial charge in [0, 0.05) is 19.9 Å². The minimum absolute atomic E-state index is 0.506. The Labute approximate surface area is 85.7 Å². The average molecular weight is 193 g/mol. The van der Waals surface area contributed by atoms with Crippen LogP contribution < -0.4 is 11.5 Å². The minimum atomic E-state index is 0.506. The molecule has 1 aromatic rings. The fourth-order valence-corrected chi connectivity index (χ4v) is 1.34. The summed E-state index contributed by atoms with van der Waals surface area (Å²) in [6.45, 7) is 4.00. The third-order valence-corrected chi connectivity index (χ3v) is 2.35. The number of rotatable bonds is 5. The normalized spacial score (nSPS) is 10.9. The maximum Gasteiger partial charge on any atom is 0.0470 e. The SMILES string of the molecule is CCc1ccc(CN(CN)CN)cc1. The van der Waals surface area contributed by atoms with Crippen molar-refractivity contribution < 1.29 is 0 Å². The molecule has 3 nitrogen and oxygen atoms in total. The highest BCUT2D eigenvalue weighted by atomic mass is 15.2. The molecule has 0 aliphatic heterocycles. The molecule has 0 heterocycles. The van der Waals surface area contributed by atoms with Crippen molar-refractivity contribution in [3.63, 3.8) is 0 Å². The van der Waals surface area contributed by atoms with Gasteiger partial charge in [0.15, 0.2) is 0 Å². The molecule has 0 amide bonds. The lowest BCUT2D eigenvalue weighted by molar-refractivity contribution is 0.281. The first kappa shape index (κ1) is 11.2. The molecule has 0 atom stereocenters. The van der Waals surface area contributed by atoms with Crippen molar-refractivity contribution in [3.8, 4) is 0 Å². The van der Waals surface area contributed by atoms with Crippen LogP contribution in [0.5, 0.6) is 0 Å². The second-order valence-corrected chi connectivity index (χ2v) is 3.36. The molecule has 0 aromatic heterocycles. The summed E-state index contributed by atoms with van der Waals surface area (Å²) in [4.78, 5) is 1.99. The summed E-state index contributed by atoms with van der Waals surface area (Å²) in [6.07, 6.45) is 1.08. The van der Waals surface area contributed by atoms with E-state index in [1.165, 1.54) is 11.1 Å². The Balaban J connectivity index is 2.58. The van der Waals surface area contributed by atoms with Crippen LogP contribution in [0.3, 0.4) is 0 Å². The first-order valence-electron chi connectivity index (χ1n) is 5.00. The third-order valence-electron chi connectivity index (χ3n) is 2.35. The van der Waals surface area contributed by atoms with Crippen molar-refractivity contribution in [2.45, 2.75) is 19.9 Å². The van der Waals surface area contributed by atoms with Gasteiger partial charge in [-0.2, -0.15) is 0 Å². The number of nitrogens with two attached hydrogens (primary N) is 2. The summed E-state index contributed by atoms with van der Waals surface area (Å²) < 4.78 is 0. The molecule has 1 aromatic carbocycles. The molecule has 0 fully saturated rings. The van der Waals surface area contributed by atoms with Crippen molar-refractivity contribution in [2.24, 2.45) is 11.5 Å². The van der Waals surface area contributed by atoms with Crippen molar-refractivity contribution in [2.75, 3.05) is 13.3 Å². The number of nitrogens with zero attached hydrogens (tertiary/aromatic N) is 1. The van der Waals surface area contributed by atoms with Crippen molar-refractivity contribution >= 4 is 0 Å². The summed E-state index contributed by atoms with van der Waals surface area (Å²) in [6, 6.07) is 8.58. The van der Waals surface area contributed by atoms with E-state index >= 15 is 0 Å². The standard InChI is InChI=1S/C11H19N3/c1-2-10-3-5-11(6-4-10)7-14(8-12)9-13/h3-6H,2,7-9,12-13H2,1H3. The topological polar surface area (TPSA) is 55.3 Å². The van der Waals surface area contributed by atoms with Crippen LogP contribution in [0.4, 0.5) is 0 Å². The Bertz CT molecular complexity index is 252. The molecule has 0 aliphatic rings. The third kappa shape index (κ3) is 3.10. The molecule has 0 saturated heterocycles. The molecule has 0 unspecified atom stereocenters. The zero-order chi connectivity index (χ0) is 10.4. The second-order valence-electron chi connectivity index (χ2n) is 3.36. The van der Waals surface area contributed by atoms with Crippen LogP contribution in [0.1, 0.15) is 18.1 Å². The van der Waals surface area contributed by atoms with Crippen molar-refractivity contribution in [3.05, 3.63) is 35.4 Å². The number of hydrogen-bond donors (Lipinski definition) is 2. The summed E-state index contributed by atoms with van der Waals surface area (Å²) >= 11 is 0. The highest BCUT2D eigenvalue weighted by molar-refractivity contribution is 5.22. The number of benzene rings is 1. The molecule has 0 saturated carbocycles. The minimum Gasteiger partial charge on any atom is -0.318 e. The summed E-state index contributed by atoms with van der Waals surface area (Å²) in [7, 11) is 0. The maximum absolute atomic E-state index is 5.53. The zero-order valence-electron chi connectivity index (χ0n) is 8.74. The van der Waals surface area contributed by atoms with Gasteiger partial charge in [0.1, 0.15) is 0 Å². The Hall–Kier alpha value is -0.900. The van der Waals surface area contributed by atoms with Crippen LogP contribution in [0.2, 0.25) is 0 Å². The van der Waals surface area contributed by atoms with E-state index in [9.17, 15) is 0 Å². The van der Waals surface area contributed by atoms with E-state index in [4.69, 9.17) is 11.5 Å². The average Bonchev–Trinajstić information content (AvgIpc) is 2.26. The van der Waals surface area contributed by atoms with Gasteiger partial charge in [0.25, 0.3) is 0 Å². The predicted molar refractivity (Wildman–Crippen MR) is 59.5 cm³/mol. The van der Waals surface area contributed by atoms with E-state index in [1.54, 1.807) is 0 Å². The molecule has 0 aliphatic carbocycles. The van der Waals surface area contributed by atoms with Crippen LogP contribution in [-0.2, 0) is 13.0 Å². The molecule has 0 radical (unpaired) electrons. The molecule has 78 valence electrons. The van der Waals surface area contributed by atoms with Crippen LogP contribution in [0.15, 0.2) is 24.3 Å². The van der Waals surface area contributed by atoms with Gasteiger partial charge in [0.05, 0.1) is 0 Å². The van der Waals surface area contributed by atoms with Gasteiger partial charge < -0.3 is 11.5 Å². The Morgan fingerprint density at radius 1 is 1.00 bits per heavy atom. The van der Waals surface area contributed by atoms with E-state index < -0.39 is 0 Å². The van der Waals surface area contributed by atoms with Gasteiger partial charge in [-0.05, 0) is 17.5 Å². The van der Waals surface area contributed by atoms with Gasteiger partial charge in [-0.15, -0.1) is 0 Å². The zero-order valence-corrected chi connectivity index (χ0v) is 8.74. The van der Waals surface area contributed by atoms with Gasteiger partial charge in [0.2, 0.25) is 0 Å². The van der Waals surface area contributed by atoms with Crippen molar-refractivity contribution in [1.82, 2.24) is 4.90 Å². The van der Waals surface area contributed by atoms with E-state index in [0.717, 1.165) is 13.0 Å². The first-order chi connectivity index (χ1) is 6.80. The summed E-state index contributed by atoms with van der Waals surface area (Å²) in [5.74, 6) is 0. The van der Waals surface area contributed by atoms with Gasteiger partial charge in [-0.1, -0.05) is 31.2 Å². The lowest BCUT2D eigenvalue weighted by atomic mass is 10.1. The van der Waals surface area contributed by atoms with E-state index in [2.05, 4.69) is 31.2 Å². The van der Waals surface area contributed by atoms with E-state index in [-0.39, 0.29) is 0 Å². The molecule has 14 heavy (non-hydrogen) atoms. The van der Waals surface area contributed by atoms with Gasteiger partial charge in [-0.3, -0.25) is 4.90 Å². The van der Waals surface area contributed by atoms with E-state index in [0.29, 0.717) is 13.3 Å². The van der Waals surface area contributed by atoms with Crippen LogP contribution in [-0.4, -0.2) is 18.2 Å². The van der Waals surface area contributed by atoms with Crippen LogP contribution >= 0.6 is 0 Å². The van der Waals surface area contributed by atoms with Crippen LogP contribution in [0.25, 0.3) is 0 Å².